The molecule has 0 fully saturated rings. The molecule has 3 aromatic rings. The van der Waals surface area contributed by atoms with Crippen LogP contribution in [0.2, 0.25) is 0 Å². The van der Waals surface area contributed by atoms with E-state index in [1.54, 1.807) is 0 Å². The van der Waals surface area contributed by atoms with Crippen molar-refractivity contribution in [1.29, 1.82) is 0 Å². The van der Waals surface area contributed by atoms with Gasteiger partial charge < -0.3 is 15.4 Å². The molecular formula is C22H24N4O2. The van der Waals surface area contributed by atoms with E-state index in [-0.39, 0.29) is 12.5 Å². The van der Waals surface area contributed by atoms with E-state index in [0.717, 1.165) is 28.2 Å². The molecule has 0 saturated heterocycles. The number of nitrogens with zero attached hydrogens (tertiary/aromatic N) is 2. The number of aromatic nitrogens is 2. The normalized spacial score (nSPS) is 10.4. The van der Waals surface area contributed by atoms with Gasteiger partial charge in [0.05, 0.1) is 0 Å². The highest BCUT2D eigenvalue weighted by Gasteiger charge is 2.06. The maximum Gasteiger partial charge on any atom is 0.262 e. The average molecular weight is 376 g/mol. The van der Waals surface area contributed by atoms with E-state index < -0.39 is 0 Å². The third-order valence-electron chi connectivity index (χ3n) is 4.10. The zero-order valence-electron chi connectivity index (χ0n) is 16.5. The number of amides is 1. The van der Waals surface area contributed by atoms with Gasteiger partial charge in [-0.25, -0.2) is 9.97 Å². The first-order valence-corrected chi connectivity index (χ1v) is 9.08. The van der Waals surface area contributed by atoms with Crippen molar-refractivity contribution in [2.45, 2.75) is 27.7 Å². The average Bonchev–Trinajstić information content (AvgIpc) is 2.62. The second-order valence-electron chi connectivity index (χ2n) is 6.78. The van der Waals surface area contributed by atoms with Gasteiger partial charge in [-0.05, 0) is 69.7 Å². The van der Waals surface area contributed by atoms with E-state index in [0.29, 0.717) is 17.4 Å². The van der Waals surface area contributed by atoms with E-state index >= 15 is 0 Å². The van der Waals surface area contributed by atoms with Gasteiger partial charge in [-0.15, -0.1) is 0 Å². The molecule has 1 amide bonds. The Morgan fingerprint density at radius 1 is 0.893 bits per heavy atom. The maximum atomic E-state index is 12.1. The quantitative estimate of drug-likeness (QED) is 0.664. The molecule has 0 aliphatic carbocycles. The lowest BCUT2D eigenvalue weighted by molar-refractivity contribution is -0.118. The highest BCUT2D eigenvalue weighted by molar-refractivity contribution is 5.92. The highest BCUT2D eigenvalue weighted by Crippen LogP contribution is 2.19. The van der Waals surface area contributed by atoms with Crippen LogP contribution in [0.25, 0.3) is 0 Å². The molecular weight excluding hydrogens is 352 g/mol. The Bertz CT molecular complexity index is 964. The van der Waals surface area contributed by atoms with Crippen LogP contribution in [0.3, 0.4) is 0 Å². The molecule has 0 aliphatic heterocycles. The zero-order valence-corrected chi connectivity index (χ0v) is 16.5. The summed E-state index contributed by atoms with van der Waals surface area (Å²) in [4.78, 5) is 20.9. The standard InChI is InChI=1S/C22H24N4O2/c1-14-5-10-20(15(2)11-14)28-13-21(27)25-18-6-8-19(9-7-18)26-22-23-16(3)12-17(4)24-22/h5-12H,13H2,1-4H3,(H,25,27)(H,23,24,26). The van der Waals surface area contributed by atoms with Crippen LogP contribution in [-0.2, 0) is 4.79 Å². The van der Waals surface area contributed by atoms with Crippen molar-refractivity contribution in [3.05, 3.63) is 71.0 Å². The predicted octanol–water partition coefficient (Wildman–Crippen LogP) is 4.47. The van der Waals surface area contributed by atoms with Crippen LogP contribution >= 0.6 is 0 Å². The number of aryl methyl sites for hydroxylation is 4. The van der Waals surface area contributed by atoms with Crippen molar-refractivity contribution < 1.29 is 9.53 Å². The number of hydrogen-bond donors (Lipinski definition) is 2. The first-order chi connectivity index (χ1) is 13.4. The summed E-state index contributed by atoms with van der Waals surface area (Å²) in [5, 5.41) is 5.99. The van der Waals surface area contributed by atoms with Gasteiger partial charge in [0.25, 0.3) is 5.91 Å². The Kier molecular flexibility index (Phi) is 5.89. The minimum atomic E-state index is -0.210. The second kappa shape index (κ2) is 8.52. The van der Waals surface area contributed by atoms with E-state index in [1.165, 1.54) is 0 Å². The number of benzene rings is 2. The molecule has 3 rings (SSSR count). The minimum absolute atomic E-state index is 0.0414. The van der Waals surface area contributed by atoms with Crippen LogP contribution < -0.4 is 15.4 Å². The van der Waals surface area contributed by atoms with Crippen LogP contribution in [0.15, 0.2) is 48.5 Å². The molecule has 0 atom stereocenters. The lowest BCUT2D eigenvalue weighted by atomic mass is 10.1. The van der Waals surface area contributed by atoms with Crippen LogP contribution in [0, 0.1) is 27.7 Å². The van der Waals surface area contributed by atoms with Crippen LogP contribution in [0.1, 0.15) is 22.5 Å². The molecule has 2 aromatic carbocycles. The van der Waals surface area contributed by atoms with E-state index in [2.05, 4.69) is 20.6 Å². The van der Waals surface area contributed by atoms with Crippen molar-refractivity contribution in [2.75, 3.05) is 17.2 Å². The van der Waals surface area contributed by atoms with Gasteiger partial charge in [0.2, 0.25) is 5.95 Å². The fraction of sp³-hybridized carbons (Fsp3) is 0.227. The fourth-order valence-corrected chi connectivity index (χ4v) is 2.85. The summed E-state index contributed by atoms with van der Waals surface area (Å²) in [6, 6.07) is 15.2. The monoisotopic (exact) mass is 376 g/mol. The topological polar surface area (TPSA) is 76.1 Å². The van der Waals surface area contributed by atoms with E-state index in [1.807, 2.05) is 76.2 Å². The van der Waals surface area contributed by atoms with Crippen LogP contribution in [0.4, 0.5) is 17.3 Å². The molecule has 144 valence electrons. The Morgan fingerprint density at radius 3 is 2.18 bits per heavy atom. The van der Waals surface area contributed by atoms with Gasteiger partial charge in [-0.2, -0.15) is 0 Å². The molecule has 0 radical (unpaired) electrons. The molecule has 0 saturated carbocycles. The molecule has 0 bridgehead atoms. The van der Waals surface area contributed by atoms with Gasteiger partial charge >= 0.3 is 0 Å². The van der Waals surface area contributed by atoms with Crippen molar-refractivity contribution in [1.82, 2.24) is 9.97 Å². The summed E-state index contributed by atoms with van der Waals surface area (Å²) in [6.07, 6.45) is 0. The Labute approximate surface area is 165 Å². The van der Waals surface area contributed by atoms with Crippen molar-refractivity contribution in [3.8, 4) is 5.75 Å². The summed E-state index contributed by atoms with van der Waals surface area (Å²) in [5.74, 6) is 1.06. The summed E-state index contributed by atoms with van der Waals surface area (Å²) >= 11 is 0. The summed E-state index contributed by atoms with van der Waals surface area (Å²) in [7, 11) is 0. The number of hydrogen-bond acceptors (Lipinski definition) is 5. The van der Waals surface area contributed by atoms with Gasteiger partial charge in [-0.3, -0.25) is 4.79 Å². The third kappa shape index (κ3) is 5.30. The molecule has 6 nitrogen and oxygen atoms in total. The second-order valence-corrected chi connectivity index (χ2v) is 6.78. The molecule has 1 aromatic heterocycles. The van der Waals surface area contributed by atoms with E-state index in [4.69, 9.17) is 4.74 Å². The summed E-state index contributed by atoms with van der Waals surface area (Å²) < 4.78 is 5.61. The Morgan fingerprint density at radius 2 is 1.54 bits per heavy atom. The van der Waals surface area contributed by atoms with E-state index in [9.17, 15) is 4.79 Å². The lowest BCUT2D eigenvalue weighted by Gasteiger charge is -2.11. The van der Waals surface area contributed by atoms with Crippen molar-refractivity contribution in [2.24, 2.45) is 0 Å². The lowest BCUT2D eigenvalue weighted by Crippen LogP contribution is -2.20. The number of ether oxygens (including phenoxy) is 1. The molecule has 2 N–H and O–H groups in total. The maximum absolute atomic E-state index is 12.1. The number of nitrogens with one attached hydrogen (secondary N) is 2. The summed E-state index contributed by atoms with van der Waals surface area (Å²) in [5.41, 5.74) is 5.52. The molecule has 28 heavy (non-hydrogen) atoms. The minimum Gasteiger partial charge on any atom is -0.483 e. The van der Waals surface area contributed by atoms with Crippen molar-refractivity contribution in [3.63, 3.8) is 0 Å². The Hall–Kier alpha value is -3.41. The number of carbonyl (C=O) groups is 1. The first-order valence-electron chi connectivity index (χ1n) is 9.08. The molecule has 0 aliphatic rings. The number of carbonyl (C=O) groups excluding carboxylic acids is 1. The van der Waals surface area contributed by atoms with Gasteiger partial charge in [0, 0.05) is 22.8 Å². The first kappa shape index (κ1) is 19.4. The fourth-order valence-electron chi connectivity index (χ4n) is 2.85. The number of rotatable bonds is 6. The molecule has 6 heteroatoms. The van der Waals surface area contributed by atoms with Crippen LogP contribution in [-0.4, -0.2) is 22.5 Å². The SMILES string of the molecule is Cc1ccc(OCC(=O)Nc2ccc(Nc3nc(C)cc(C)n3)cc2)c(C)c1. The van der Waals surface area contributed by atoms with Crippen molar-refractivity contribution >= 4 is 23.2 Å². The summed E-state index contributed by atoms with van der Waals surface area (Å²) in [6.45, 7) is 7.80. The largest absolute Gasteiger partial charge is 0.483 e. The molecule has 0 spiro atoms. The van der Waals surface area contributed by atoms with Gasteiger partial charge in [0.15, 0.2) is 6.61 Å². The van der Waals surface area contributed by atoms with Gasteiger partial charge in [0.1, 0.15) is 5.75 Å². The molecule has 1 heterocycles. The molecule has 0 unspecified atom stereocenters. The number of anilines is 3. The van der Waals surface area contributed by atoms with Gasteiger partial charge in [-0.1, -0.05) is 17.7 Å². The predicted molar refractivity (Wildman–Crippen MR) is 111 cm³/mol. The smallest absolute Gasteiger partial charge is 0.262 e. The zero-order chi connectivity index (χ0) is 20.1. The highest BCUT2D eigenvalue weighted by atomic mass is 16.5. The third-order valence-corrected chi connectivity index (χ3v) is 4.10. The van der Waals surface area contributed by atoms with Crippen LogP contribution in [0.5, 0.6) is 5.75 Å². The Balaban J connectivity index is 1.55.